The van der Waals surface area contributed by atoms with Gasteiger partial charge in [-0.2, -0.15) is 13.2 Å². The van der Waals surface area contributed by atoms with E-state index in [4.69, 9.17) is 0 Å². The van der Waals surface area contributed by atoms with Crippen LogP contribution in [0.15, 0.2) is 41.0 Å². The summed E-state index contributed by atoms with van der Waals surface area (Å²) in [6.07, 6.45) is -3.29. The number of hydrogen-bond donors (Lipinski definition) is 1. The normalized spacial score (nSPS) is 13.0. The zero-order valence-corrected chi connectivity index (χ0v) is 12.5. The van der Waals surface area contributed by atoms with Gasteiger partial charge in [-0.05, 0) is 35.0 Å². The van der Waals surface area contributed by atoms with Crippen LogP contribution < -0.4 is 5.32 Å². The maximum atomic E-state index is 13.7. The first-order chi connectivity index (χ1) is 9.79. The quantitative estimate of drug-likeness (QED) is 0.761. The summed E-state index contributed by atoms with van der Waals surface area (Å²) < 4.78 is 52.8. The zero-order valence-electron chi connectivity index (χ0n) is 10.9. The fourth-order valence-corrected chi connectivity index (χ4v) is 2.21. The molecular formula is C14H11BrF4N2. The van der Waals surface area contributed by atoms with Gasteiger partial charge in [0.2, 0.25) is 0 Å². The van der Waals surface area contributed by atoms with Gasteiger partial charge >= 0.3 is 6.18 Å². The first-order valence-electron chi connectivity index (χ1n) is 6.02. The summed E-state index contributed by atoms with van der Waals surface area (Å²) in [7, 11) is 0. The van der Waals surface area contributed by atoms with E-state index in [0.29, 0.717) is 0 Å². The summed E-state index contributed by atoms with van der Waals surface area (Å²) in [5.74, 6) is -0.815. The van der Waals surface area contributed by atoms with Crippen molar-refractivity contribution in [3.05, 3.63) is 57.9 Å². The molecule has 0 radical (unpaired) electrons. The molecule has 0 spiro atoms. The predicted molar refractivity (Wildman–Crippen MR) is 75.4 cm³/mol. The molecular weight excluding hydrogens is 352 g/mol. The Kier molecular flexibility index (Phi) is 4.51. The Morgan fingerprint density at radius 3 is 2.52 bits per heavy atom. The van der Waals surface area contributed by atoms with Crippen molar-refractivity contribution in [1.82, 2.24) is 4.98 Å². The molecule has 2 rings (SSSR count). The molecule has 0 saturated carbocycles. The topological polar surface area (TPSA) is 24.9 Å². The largest absolute Gasteiger partial charge is 0.419 e. The van der Waals surface area contributed by atoms with Gasteiger partial charge in [0.15, 0.2) is 0 Å². The number of anilines is 1. The number of rotatable bonds is 3. The lowest BCUT2D eigenvalue weighted by atomic mass is 10.1. The number of aromatic nitrogens is 1. The summed E-state index contributed by atoms with van der Waals surface area (Å²) in [6, 6.07) is 6.19. The average Bonchev–Trinajstić information content (AvgIpc) is 2.40. The van der Waals surface area contributed by atoms with Gasteiger partial charge in [-0.25, -0.2) is 9.37 Å². The van der Waals surface area contributed by atoms with Gasteiger partial charge < -0.3 is 5.32 Å². The first-order valence-corrected chi connectivity index (χ1v) is 6.82. The van der Waals surface area contributed by atoms with E-state index in [0.717, 1.165) is 6.07 Å². The van der Waals surface area contributed by atoms with Crippen molar-refractivity contribution in [3.8, 4) is 0 Å². The molecule has 1 aromatic heterocycles. The minimum absolute atomic E-state index is 0.221. The fourth-order valence-electron chi connectivity index (χ4n) is 1.88. The van der Waals surface area contributed by atoms with Crippen LogP contribution in [0.3, 0.4) is 0 Å². The van der Waals surface area contributed by atoms with Crippen LogP contribution >= 0.6 is 15.9 Å². The van der Waals surface area contributed by atoms with Crippen molar-refractivity contribution in [3.63, 3.8) is 0 Å². The Balaban J connectivity index is 2.34. The molecule has 0 saturated heterocycles. The lowest BCUT2D eigenvalue weighted by Crippen LogP contribution is -2.15. The molecule has 0 aliphatic carbocycles. The molecule has 0 aliphatic heterocycles. The maximum absolute atomic E-state index is 13.7. The standard InChI is InChI=1S/C14H11BrF4N2/c1-8(10-4-2-3-5-12(10)16)21-13-11(14(17,18)19)6-9(15)7-20-13/h2-8H,1H3,(H,20,21). The average molecular weight is 363 g/mol. The molecule has 7 heteroatoms. The second-order valence-corrected chi connectivity index (χ2v) is 5.35. The Morgan fingerprint density at radius 2 is 1.90 bits per heavy atom. The number of halogens is 5. The predicted octanol–water partition coefficient (Wildman–Crippen LogP) is 5.18. The summed E-state index contributed by atoms with van der Waals surface area (Å²) in [5, 5.41) is 2.61. The molecule has 0 amide bonds. The van der Waals surface area contributed by atoms with Crippen LogP contribution in [-0.2, 0) is 6.18 Å². The third-order valence-corrected chi connectivity index (χ3v) is 3.32. The lowest BCUT2D eigenvalue weighted by Gasteiger charge is -2.19. The van der Waals surface area contributed by atoms with E-state index in [9.17, 15) is 17.6 Å². The van der Waals surface area contributed by atoms with Crippen molar-refractivity contribution in [2.24, 2.45) is 0 Å². The highest BCUT2D eigenvalue weighted by Gasteiger charge is 2.35. The zero-order chi connectivity index (χ0) is 15.6. The SMILES string of the molecule is CC(Nc1ncc(Br)cc1C(F)(F)F)c1ccccc1F. The van der Waals surface area contributed by atoms with E-state index in [1.54, 1.807) is 13.0 Å². The van der Waals surface area contributed by atoms with Crippen molar-refractivity contribution < 1.29 is 17.6 Å². The Bertz CT molecular complexity index is 643. The van der Waals surface area contributed by atoms with Crippen LogP contribution in [0, 0.1) is 5.82 Å². The third-order valence-electron chi connectivity index (χ3n) is 2.88. The minimum atomic E-state index is -4.55. The van der Waals surface area contributed by atoms with Gasteiger partial charge in [-0.15, -0.1) is 0 Å². The van der Waals surface area contributed by atoms with Crippen LogP contribution in [0.2, 0.25) is 0 Å². The molecule has 21 heavy (non-hydrogen) atoms. The number of nitrogens with one attached hydrogen (secondary N) is 1. The van der Waals surface area contributed by atoms with E-state index in [1.807, 2.05) is 0 Å². The molecule has 2 aromatic rings. The van der Waals surface area contributed by atoms with Crippen molar-refractivity contribution in [1.29, 1.82) is 0 Å². The molecule has 0 fully saturated rings. The van der Waals surface area contributed by atoms with Gasteiger partial charge in [0.25, 0.3) is 0 Å². The van der Waals surface area contributed by atoms with Crippen LogP contribution in [-0.4, -0.2) is 4.98 Å². The van der Waals surface area contributed by atoms with E-state index in [-0.39, 0.29) is 15.9 Å². The number of benzene rings is 1. The van der Waals surface area contributed by atoms with E-state index >= 15 is 0 Å². The van der Waals surface area contributed by atoms with Crippen molar-refractivity contribution >= 4 is 21.7 Å². The number of hydrogen-bond acceptors (Lipinski definition) is 2. The molecule has 1 aromatic carbocycles. The highest BCUT2D eigenvalue weighted by Crippen LogP contribution is 2.36. The third kappa shape index (κ3) is 3.72. The molecule has 112 valence electrons. The van der Waals surface area contributed by atoms with Gasteiger partial charge in [0, 0.05) is 16.2 Å². The molecule has 0 aliphatic rings. The highest BCUT2D eigenvalue weighted by atomic mass is 79.9. The first kappa shape index (κ1) is 15.8. The fraction of sp³-hybridized carbons (Fsp3) is 0.214. The van der Waals surface area contributed by atoms with Crippen molar-refractivity contribution in [2.45, 2.75) is 19.1 Å². The Hall–Kier alpha value is -1.63. The molecule has 1 N–H and O–H groups in total. The smallest absolute Gasteiger partial charge is 0.363 e. The van der Waals surface area contributed by atoms with E-state index in [2.05, 4.69) is 26.2 Å². The van der Waals surface area contributed by atoms with Crippen LogP contribution in [0.4, 0.5) is 23.4 Å². The molecule has 0 bridgehead atoms. The van der Waals surface area contributed by atoms with Gasteiger partial charge in [-0.3, -0.25) is 0 Å². The van der Waals surface area contributed by atoms with Crippen LogP contribution in [0.5, 0.6) is 0 Å². The summed E-state index contributed by atoms with van der Waals surface area (Å²) in [6.45, 7) is 1.57. The number of nitrogens with zero attached hydrogens (tertiary/aromatic N) is 1. The maximum Gasteiger partial charge on any atom is 0.419 e. The lowest BCUT2D eigenvalue weighted by molar-refractivity contribution is -0.137. The molecule has 1 heterocycles. The molecule has 1 unspecified atom stereocenters. The second-order valence-electron chi connectivity index (χ2n) is 4.44. The molecule has 2 nitrogen and oxygen atoms in total. The minimum Gasteiger partial charge on any atom is -0.363 e. The second kappa shape index (κ2) is 6.01. The van der Waals surface area contributed by atoms with Gasteiger partial charge in [0.05, 0.1) is 11.6 Å². The summed E-state index contributed by atoms with van der Waals surface area (Å²) in [4.78, 5) is 3.74. The monoisotopic (exact) mass is 362 g/mol. The Morgan fingerprint density at radius 1 is 1.24 bits per heavy atom. The Labute approximate surface area is 127 Å². The van der Waals surface area contributed by atoms with Crippen molar-refractivity contribution in [2.75, 3.05) is 5.32 Å². The van der Waals surface area contributed by atoms with Crippen LogP contribution in [0.25, 0.3) is 0 Å². The van der Waals surface area contributed by atoms with E-state index < -0.39 is 23.6 Å². The molecule has 1 atom stereocenters. The number of alkyl halides is 3. The number of pyridine rings is 1. The van der Waals surface area contributed by atoms with Gasteiger partial charge in [-0.1, -0.05) is 18.2 Å². The van der Waals surface area contributed by atoms with Crippen LogP contribution in [0.1, 0.15) is 24.1 Å². The van der Waals surface area contributed by atoms with Gasteiger partial charge in [0.1, 0.15) is 11.6 Å². The highest BCUT2D eigenvalue weighted by molar-refractivity contribution is 9.10. The summed E-state index contributed by atoms with van der Waals surface area (Å²) >= 11 is 2.96. The summed E-state index contributed by atoms with van der Waals surface area (Å²) in [5.41, 5.74) is -0.629. The van der Waals surface area contributed by atoms with E-state index in [1.165, 1.54) is 24.4 Å².